The molecular formula is C19H25N2O4+. The van der Waals surface area contributed by atoms with Gasteiger partial charge in [-0.05, 0) is 20.8 Å². The van der Waals surface area contributed by atoms with Gasteiger partial charge in [-0.1, -0.05) is 29.8 Å². The number of hydrogen-bond acceptors (Lipinski definition) is 4. The number of esters is 1. The highest BCUT2D eigenvalue weighted by molar-refractivity contribution is 6.08. The number of nitrogens with zero attached hydrogens (tertiary/aromatic N) is 1. The van der Waals surface area contributed by atoms with Crippen LogP contribution < -0.4 is 5.32 Å². The van der Waals surface area contributed by atoms with Crippen molar-refractivity contribution in [2.75, 3.05) is 13.2 Å². The molecule has 1 aromatic carbocycles. The molecule has 0 unspecified atom stereocenters. The van der Waals surface area contributed by atoms with Gasteiger partial charge < -0.3 is 10.1 Å². The summed E-state index contributed by atoms with van der Waals surface area (Å²) in [6, 6.07) is 7.63. The lowest BCUT2D eigenvalue weighted by molar-refractivity contribution is -0.731. The maximum Gasteiger partial charge on any atom is 0.368 e. The highest BCUT2D eigenvalue weighted by Gasteiger charge is 2.70. The summed E-state index contributed by atoms with van der Waals surface area (Å²) in [7, 11) is 0. The summed E-state index contributed by atoms with van der Waals surface area (Å²) in [5.74, 6) is -2.11. The zero-order valence-corrected chi connectivity index (χ0v) is 15.1. The third kappa shape index (κ3) is 2.56. The third-order valence-electron chi connectivity index (χ3n) is 5.49. The smallest absolute Gasteiger partial charge is 0.368 e. The van der Waals surface area contributed by atoms with Gasteiger partial charge in [-0.15, -0.1) is 0 Å². The minimum absolute atomic E-state index is 0.188. The number of hydrogen-bond donors (Lipinski definition) is 1. The molecule has 25 heavy (non-hydrogen) atoms. The number of quaternary nitrogens is 1. The molecule has 0 aliphatic carbocycles. The van der Waals surface area contributed by atoms with Crippen molar-refractivity contribution in [1.29, 1.82) is 0 Å². The Hall–Kier alpha value is -2.21. The number of amides is 2. The zero-order valence-electron chi connectivity index (χ0n) is 15.1. The molecule has 0 aromatic heterocycles. The number of nitrogens with two attached hydrogens (primary N) is 1. The van der Waals surface area contributed by atoms with Gasteiger partial charge in [-0.2, -0.15) is 0 Å². The second kappa shape index (κ2) is 6.26. The highest BCUT2D eigenvalue weighted by Crippen LogP contribution is 2.44. The van der Waals surface area contributed by atoms with Gasteiger partial charge in [0.1, 0.15) is 17.9 Å². The molecule has 6 nitrogen and oxygen atoms in total. The van der Waals surface area contributed by atoms with Crippen molar-refractivity contribution < 1.29 is 24.4 Å². The van der Waals surface area contributed by atoms with Gasteiger partial charge in [0, 0.05) is 19.0 Å². The average Bonchev–Trinajstić information content (AvgIpc) is 3.03. The number of carbonyl (C=O) groups is 3. The van der Waals surface area contributed by atoms with E-state index in [1.54, 1.807) is 20.8 Å². The monoisotopic (exact) mass is 345 g/mol. The molecule has 2 saturated heterocycles. The second-order valence-electron chi connectivity index (χ2n) is 7.03. The van der Waals surface area contributed by atoms with Crippen LogP contribution in [0.15, 0.2) is 24.3 Å². The van der Waals surface area contributed by atoms with Crippen molar-refractivity contribution >= 4 is 17.8 Å². The number of aryl methyl sites for hydroxylation is 1. The number of rotatable bonds is 4. The lowest BCUT2D eigenvalue weighted by Gasteiger charge is -2.25. The number of imide groups is 1. The van der Waals surface area contributed by atoms with Crippen molar-refractivity contribution in [3.63, 3.8) is 0 Å². The molecule has 0 spiro atoms. The van der Waals surface area contributed by atoms with Crippen LogP contribution >= 0.6 is 0 Å². The number of fused-ring (bicyclic) bond motifs is 1. The summed E-state index contributed by atoms with van der Waals surface area (Å²) >= 11 is 0. The number of ether oxygens (including phenoxy) is 1. The third-order valence-corrected chi connectivity index (χ3v) is 5.49. The molecule has 0 bridgehead atoms. The molecule has 2 fully saturated rings. The van der Waals surface area contributed by atoms with E-state index in [-0.39, 0.29) is 24.5 Å². The van der Waals surface area contributed by atoms with Gasteiger partial charge in [0.15, 0.2) is 0 Å². The Kier molecular flexibility index (Phi) is 4.41. The van der Waals surface area contributed by atoms with Gasteiger partial charge in [-0.3, -0.25) is 14.5 Å². The van der Waals surface area contributed by atoms with Crippen LogP contribution in [-0.2, 0) is 19.1 Å². The minimum Gasteiger partial charge on any atom is -0.461 e. The van der Waals surface area contributed by atoms with Crippen LogP contribution in [-0.4, -0.2) is 41.4 Å². The summed E-state index contributed by atoms with van der Waals surface area (Å²) < 4.78 is 5.24. The summed E-state index contributed by atoms with van der Waals surface area (Å²) in [6.07, 6.45) is 0. The van der Waals surface area contributed by atoms with Crippen molar-refractivity contribution in [3.05, 3.63) is 35.4 Å². The predicted molar refractivity (Wildman–Crippen MR) is 90.3 cm³/mol. The van der Waals surface area contributed by atoms with Crippen LogP contribution in [0.25, 0.3) is 0 Å². The van der Waals surface area contributed by atoms with Crippen LogP contribution in [0, 0.1) is 18.8 Å². The normalized spacial score (nSPS) is 31.4. The first-order valence-corrected chi connectivity index (χ1v) is 8.80. The maximum atomic E-state index is 12.9. The summed E-state index contributed by atoms with van der Waals surface area (Å²) in [5.41, 5.74) is 0.982. The molecular weight excluding hydrogens is 320 g/mol. The predicted octanol–water partition coefficient (Wildman–Crippen LogP) is 0.556. The molecule has 2 heterocycles. The largest absolute Gasteiger partial charge is 0.461 e. The topological polar surface area (TPSA) is 80.3 Å². The minimum atomic E-state index is -1.09. The number of likely N-dealkylation sites (tertiary alicyclic amines) is 1. The molecule has 2 aliphatic rings. The standard InChI is InChI=1S/C19H24N2O4/c1-5-21-16(22)13-14(17(21)23)19(4,18(24)25-6-2)20-15(13)12-9-7-11(3)8-10-12/h7-10,13-15,20H,5-6H2,1-4H3/p+1/t13-,14-,15+,19+/m0/s1. The fourth-order valence-electron chi connectivity index (χ4n) is 4.21. The SMILES string of the molecule is CCOC(=O)[C@]1(C)[NH2+][C@H](c2ccc(C)cc2)[C@H]2C(=O)N(CC)C(=O)[C@H]21. The Morgan fingerprint density at radius 1 is 1.20 bits per heavy atom. The average molecular weight is 345 g/mol. The van der Waals surface area contributed by atoms with Crippen molar-refractivity contribution in [2.45, 2.75) is 39.3 Å². The van der Waals surface area contributed by atoms with Crippen LogP contribution in [0.1, 0.15) is 37.9 Å². The number of benzene rings is 1. The molecule has 4 atom stereocenters. The van der Waals surface area contributed by atoms with Gasteiger partial charge in [0.25, 0.3) is 0 Å². The molecule has 0 radical (unpaired) electrons. The van der Waals surface area contributed by atoms with Crippen molar-refractivity contribution in [1.82, 2.24) is 4.90 Å². The van der Waals surface area contributed by atoms with Crippen molar-refractivity contribution in [3.8, 4) is 0 Å². The van der Waals surface area contributed by atoms with E-state index in [9.17, 15) is 14.4 Å². The van der Waals surface area contributed by atoms with Crippen molar-refractivity contribution in [2.24, 2.45) is 11.8 Å². The fraction of sp³-hybridized carbons (Fsp3) is 0.526. The molecule has 6 heteroatoms. The Morgan fingerprint density at radius 2 is 1.84 bits per heavy atom. The maximum absolute atomic E-state index is 12.9. The van der Waals surface area contributed by atoms with E-state index in [0.29, 0.717) is 6.54 Å². The first-order chi connectivity index (χ1) is 11.8. The molecule has 2 aliphatic heterocycles. The molecule has 0 saturated carbocycles. The van der Waals surface area contributed by atoms with E-state index in [1.807, 2.05) is 36.5 Å². The Bertz CT molecular complexity index is 715. The molecule has 2 N–H and O–H groups in total. The van der Waals surface area contributed by atoms with Gasteiger partial charge in [-0.25, -0.2) is 4.79 Å². The van der Waals surface area contributed by atoms with Crippen LogP contribution in [0.2, 0.25) is 0 Å². The van der Waals surface area contributed by atoms with E-state index >= 15 is 0 Å². The van der Waals surface area contributed by atoms with E-state index in [1.165, 1.54) is 4.90 Å². The molecule has 2 amide bonds. The fourth-order valence-corrected chi connectivity index (χ4v) is 4.21. The van der Waals surface area contributed by atoms with Crippen LogP contribution in [0.5, 0.6) is 0 Å². The van der Waals surface area contributed by atoms with E-state index in [2.05, 4.69) is 0 Å². The van der Waals surface area contributed by atoms with E-state index < -0.39 is 23.3 Å². The molecule has 134 valence electrons. The number of carbonyl (C=O) groups excluding carboxylic acids is 3. The van der Waals surface area contributed by atoms with Crippen LogP contribution in [0.4, 0.5) is 0 Å². The lowest BCUT2D eigenvalue weighted by atomic mass is 9.80. The first-order valence-electron chi connectivity index (χ1n) is 8.80. The Labute approximate surface area is 147 Å². The van der Waals surface area contributed by atoms with Crippen LogP contribution in [0.3, 0.4) is 0 Å². The Morgan fingerprint density at radius 3 is 2.40 bits per heavy atom. The second-order valence-corrected chi connectivity index (χ2v) is 7.03. The summed E-state index contributed by atoms with van der Waals surface area (Å²) in [5, 5.41) is 1.85. The van der Waals surface area contributed by atoms with Gasteiger partial charge >= 0.3 is 5.97 Å². The summed E-state index contributed by atoms with van der Waals surface area (Å²) in [4.78, 5) is 39.7. The van der Waals surface area contributed by atoms with Gasteiger partial charge in [0.2, 0.25) is 17.4 Å². The zero-order chi connectivity index (χ0) is 18.4. The quantitative estimate of drug-likeness (QED) is 0.639. The van der Waals surface area contributed by atoms with Gasteiger partial charge in [0.05, 0.1) is 6.61 Å². The lowest BCUT2D eigenvalue weighted by Crippen LogP contribution is -2.97. The summed E-state index contributed by atoms with van der Waals surface area (Å²) in [6.45, 7) is 7.81. The Balaban J connectivity index is 2.07. The van der Waals surface area contributed by atoms with E-state index in [0.717, 1.165) is 11.1 Å². The molecule has 3 rings (SSSR count). The first kappa shape index (κ1) is 17.6. The highest BCUT2D eigenvalue weighted by atomic mass is 16.5. The van der Waals surface area contributed by atoms with E-state index in [4.69, 9.17) is 4.74 Å². The molecule has 1 aromatic rings.